The lowest BCUT2D eigenvalue weighted by molar-refractivity contribution is 0.474. The van der Waals surface area contributed by atoms with Crippen molar-refractivity contribution in [3.8, 4) is 5.75 Å². The molecule has 0 fully saturated rings. The van der Waals surface area contributed by atoms with Gasteiger partial charge in [-0.3, -0.25) is 4.98 Å². The lowest BCUT2D eigenvalue weighted by atomic mass is 10.2. The Kier molecular flexibility index (Phi) is 4.21. The normalized spacial score (nSPS) is 8.64. The molecule has 0 unspecified atom stereocenters. The fourth-order valence-electron chi connectivity index (χ4n) is 0.878. The number of benzene rings is 1. The molecule has 14 heavy (non-hydrogen) atoms. The second-order valence-corrected chi connectivity index (χ2v) is 2.86. The number of rotatable bonds is 0. The minimum Gasteiger partial charge on any atom is -0.508 e. The molecule has 72 valence electrons. The van der Waals surface area contributed by atoms with Crippen LogP contribution in [0.4, 0.5) is 0 Å². The molecule has 0 aliphatic rings. The second-order valence-electron chi connectivity index (χ2n) is 2.86. The Balaban J connectivity index is 0.000000140. The Morgan fingerprint density at radius 3 is 1.79 bits per heavy atom. The number of hydrogen-bond donors (Lipinski definition) is 1. The van der Waals surface area contributed by atoms with Crippen LogP contribution in [-0.2, 0) is 0 Å². The summed E-state index contributed by atoms with van der Waals surface area (Å²) >= 11 is 0. The third kappa shape index (κ3) is 4.26. The lowest BCUT2D eigenvalue weighted by Gasteiger charge is -1.82. The third-order valence-electron chi connectivity index (χ3n) is 1.60. The predicted molar refractivity (Wildman–Crippen MR) is 57.1 cm³/mol. The molecule has 2 rings (SSSR count). The molecule has 0 saturated carbocycles. The SMILES string of the molecule is Cc1ccccc1.Oc1ccncc1. The van der Waals surface area contributed by atoms with Gasteiger partial charge in [0.15, 0.2) is 0 Å². The number of pyridine rings is 1. The Morgan fingerprint density at radius 2 is 1.50 bits per heavy atom. The topological polar surface area (TPSA) is 33.1 Å². The van der Waals surface area contributed by atoms with Crippen LogP contribution in [0.5, 0.6) is 5.75 Å². The standard InChI is InChI=1S/C7H8.C5H5NO/c1-7-5-3-2-4-6-7;7-5-1-3-6-4-2-5/h2-6H,1H3;1-4H,(H,6,7). The first-order chi connectivity index (χ1) is 6.79. The van der Waals surface area contributed by atoms with Crippen LogP contribution in [-0.4, -0.2) is 10.1 Å². The van der Waals surface area contributed by atoms with Crippen LogP contribution < -0.4 is 0 Å². The summed E-state index contributed by atoms with van der Waals surface area (Å²) in [6, 6.07) is 13.3. The highest BCUT2D eigenvalue weighted by atomic mass is 16.3. The molecule has 1 aromatic heterocycles. The number of aryl methyl sites for hydroxylation is 1. The van der Waals surface area contributed by atoms with E-state index in [0.717, 1.165) is 0 Å². The summed E-state index contributed by atoms with van der Waals surface area (Å²) in [7, 11) is 0. The molecule has 0 radical (unpaired) electrons. The number of aromatic hydroxyl groups is 1. The molecule has 0 bridgehead atoms. The summed E-state index contributed by atoms with van der Waals surface area (Å²) in [5.74, 6) is 0.259. The molecule has 2 heteroatoms. The van der Waals surface area contributed by atoms with Gasteiger partial charge in [-0.2, -0.15) is 0 Å². The van der Waals surface area contributed by atoms with E-state index < -0.39 is 0 Å². The van der Waals surface area contributed by atoms with E-state index in [1.54, 1.807) is 0 Å². The quantitative estimate of drug-likeness (QED) is 0.688. The molecule has 1 heterocycles. The van der Waals surface area contributed by atoms with E-state index in [-0.39, 0.29) is 5.75 Å². The zero-order chi connectivity index (χ0) is 10.2. The van der Waals surface area contributed by atoms with Crippen LogP contribution in [0.3, 0.4) is 0 Å². The van der Waals surface area contributed by atoms with Crippen molar-refractivity contribution in [1.82, 2.24) is 4.98 Å². The van der Waals surface area contributed by atoms with Crippen molar-refractivity contribution in [2.45, 2.75) is 6.92 Å². The average Bonchev–Trinajstić information content (AvgIpc) is 2.21. The van der Waals surface area contributed by atoms with E-state index in [1.807, 2.05) is 18.2 Å². The maximum absolute atomic E-state index is 8.59. The summed E-state index contributed by atoms with van der Waals surface area (Å²) in [6.45, 7) is 2.08. The fraction of sp³-hybridized carbons (Fsp3) is 0.0833. The summed E-state index contributed by atoms with van der Waals surface area (Å²) in [5, 5.41) is 8.59. The molecule has 0 amide bonds. The fourth-order valence-corrected chi connectivity index (χ4v) is 0.878. The van der Waals surface area contributed by atoms with Gasteiger partial charge in [-0.05, 0) is 19.1 Å². The minimum atomic E-state index is 0.259. The third-order valence-corrected chi connectivity index (χ3v) is 1.60. The molecule has 1 aromatic carbocycles. The van der Waals surface area contributed by atoms with Gasteiger partial charge in [0.1, 0.15) is 5.75 Å². The van der Waals surface area contributed by atoms with Gasteiger partial charge in [0, 0.05) is 12.4 Å². The van der Waals surface area contributed by atoms with E-state index in [4.69, 9.17) is 5.11 Å². The van der Waals surface area contributed by atoms with Crippen LogP contribution in [0.25, 0.3) is 0 Å². The van der Waals surface area contributed by atoms with E-state index >= 15 is 0 Å². The van der Waals surface area contributed by atoms with Crippen molar-refractivity contribution >= 4 is 0 Å². The number of hydrogen-bond acceptors (Lipinski definition) is 2. The summed E-state index contributed by atoms with van der Waals surface area (Å²) in [4.78, 5) is 3.69. The smallest absolute Gasteiger partial charge is 0.118 e. The van der Waals surface area contributed by atoms with Crippen LogP contribution >= 0.6 is 0 Å². The van der Waals surface area contributed by atoms with Gasteiger partial charge < -0.3 is 5.11 Å². The molecule has 2 nitrogen and oxygen atoms in total. The van der Waals surface area contributed by atoms with Crippen LogP contribution in [0.15, 0.2) is 54.9 Å². The largest absolute Gasteiger partial charge is 0.508 e. The lowest BCUT2D eigenvalue weighted by Crippen LogP contribution is -1.63. The minimum absolute atomic E-state index is 0.259. The van der Waals surface area contributed by atoms with Gasteiger partial charge in [0.25, 0.3) is 0 Å². The highest BCUT2D eigenvalue weighted by molar-refractivity contribution is 5.13. The molecule has 1 N–H and O–H groups in total. The highest BCUT2D eigenvalue weighted by Crippen LogP contribution is 2.00. The maximum atomic E-state index is 8.59. The van der Waals surface area contributed by atoms with Crippen LogP contribution in [0.2, 0.25) is 0 Å². The molecule has 0 aliphatic carbocycles. The summed E-state index contributed by atoms with van der Waals surface area (Å²) in [5.41, 5.74) is 1.32. The van der Waals surface area contributed by atoms with E-state index in [2.05, 4.69) is 24.0 Å². The predicted octanol–water partition coefficient (Wildman–Crippen LogP) is 2.78. The highest BCUT2D eigenvalue weighted by Gasteiger charge is 1.75. The van der Waals surface area contributed by atoms with Crippen LogP contribution in [0.1, 0.15) is 5.56 Å². The van der Waals surface area contributed by atoms with E-state index in [9.17, 15) is 0 Å². The monoisotopic (exact) mass is 187 g/mol. The first-order valence-corrected chi connectivity index (χ1v) is 4.39. The second kappa shape index (κ2) is 5.75. The number of aromatic nitrogens is 1. The van der Waals surface area contributed by atoms with Crippen molar-refractivity contribution in [1.29, 1.82) is 0 Å². The van der Waals surface area contributed by atoms with E-state index in [0.29, 0.717) is 0 Å². The Morgan fingerprint density at radius 1 is 0.929 bits per heavy atom. The van der Waals surface area contributed by atoms with Gasteiger partial charge in [-0.1, -0.05) is 35.9 Å². The Bertz CT molecular complexity index is 308. The summed E-state index contributed by atoms with van der Waals surface area (Å²) in [6.07, 6.45) is 3.07. The summed E-state index contributed by atoms with van der Waals surface area (Å²) < 4.78 is 0. The zero-order valence-electron chi connectivity index (χ0n) is 8.09. The molecular weight excluding hydrogens is 174 g/mol. The van der Waals surface area contributed by atoms with Gasteiger partial charge in [-0.25, -0.2) is 0 Å². The van der Waals surface area contributed by atoms with Gasteiger partial charge in [-0.15, -0.1) is 0 Å². The van der Waals surface area contributed by atoms with Gasteiger partial charge >= 0.3 is 0 Å². The first-order valence-electron chi connectivity index (χ1n) is 4.39. The van der Waals surface area contributed by atoms with Gasteiger partial charge in [0.05, 0.1) is 0 Å². The van der Waals surface area contributed by atoms with Crippen molar-refractivity contribution < 1.29 is 5.11 Å². The zero-order valence-corrected chi connectivity index (χ0v) is 8.09. The first kappa shape index (κ1) is 10.3. The van der Waals surface area contributed by atoms with Crippen LogP contribution in [0, 0.1) is 6.92 Å². The molecule has 0 spiro atoms. The van der Waals surface area contributed by atoms with E-state index in [1.165, 1.54) is 30.1 Å². The van der Waals surface area contributed by atoms with Gasteiger partial charge in [0.2, 0.25) is 0 Å². The van der Waals surface area contributed by atoms with Crippen molar-refractivity contribution in [3.63, 3.8) is 0 Å². The molecule has 0 aliphatic heterocycles. The molecular formula is C12H13NO. The Labute approximate surface area is 83.9 Å². The average molecular weight is 187 g/mol. The Hall–Kier alpha value is -1.83. The molecule has 0 saturated heterocycles. The molecule has 2 aromatic rings. The van der Waals surface area contributed by atoms with Crippen molar-refractivity contribution in [3.05, 3.63) is 60.4 Å². The number of nitrogens with zero attached hydrogens (tertiary/aromatic N) is 1. The van der Waals surface area contributed by atoms with Crippen molar-refractivity contribution in [2.75, 3.05) is 0 Å². The van der Waals surface area contributed by atoms with Crippen molar-refractivity contribution in [2.24, 2.45) is 0 Å². The maximum Gasteiger partial charge on any atom is 0.118 e. The molecule has 0 atom stereocenters.